The molecule has 1 aromatic heterocycles. The normalized spacial score (nSPS) is 11.2. The van der Waals surface area contributed by atoms with Gasteiger partial charge in [0.05, 0.1) is 11.4 Å². The van der Waals surface area contributed by atoms with Crippen LogP contribution in [-0.2, 0) is 6.42 Å². The number of aryl methyl sites for hydroxylation is 2. The number of nitrogens with zero attached hydrogens (tertiary/aromatic N) is 2. The minimum Gasteiger partial charge on any atom is -0.493 e. The van der Waals surface area contributed by atoms with E-state index in [1.807, 2.05) is 37.3 Å². The number of hydrogen-bond acceptors (Lipinski definition) is 2. The van der Waals surface area contributed by atoms with Crippen LogP contribution in [0, 0.1) is 19.8 Å². The number of rotatable bonds is 4. The Morgan fingerprint density at radius 1 is 1.04 bits per heavy atom. The quantitative estimate of drug-likeness (QED) is 0.729. The Morgan fingerprint density at radius 3 is 2.46 bits per heavy atom. The monoisotopic (exact) mass is 320 g/mol. The van der Waals surface area contributed by atoms with Crippen LogP contribution in [0.1, 0.15) is 30.5 Å². The molecule has 24 heavy (non-hydrogen) atoms. The van der Waals surface area contributed by atoms with Gasteiger partial charge in [-0.15, -0.1) is 0 Å². The molecule has 1 N–H and O–H groups in total. The highest BCUT2D eigenvalue weighted by molar-refractivity contribution is 5.67. The van der Waals surface area contributed by atoms with Crippen LogP contribution in [0.5, 0.6) is 5.88 Å². The zero-order chi connectivity index (χ0) is 17.3. The topological polar surface area (TPSA) is 38.0 Å². The molecule has 0 bridgehead atoms. The molecule has 2 aromatic carbocycles. The summed E-state index contributed by atoms with van der Waals surface area (Å²) in [7, 11) is 0. The molecule has 0 aliphatic carbocycles. The third-order valence-electron chi connectivity index (χ3n) is 4.20. The van der Waals surface area contributed by atoms with Crippen LogP contribution in [0.3, 0.4) is 0 Å². The smallest absolute Gasteiger partial charge is 0.218 e. The molecule has 1 heterocycles. The van der Waals surface area contributed by atoms with E-state index in [0.29, 0.717) is 5.92 Å². The Morgan fingerprint density at radius 2 is 1.79 bits per heavy atom. The van der Waals surface area contributed by atoms with E-state index in [-0.39, 0.29) is 5.88 Å². The highest BCUT2D eigenvalue weighted by Gasteiger charge is 2.21. The van der Waals surface area contributed by atoms with Crippen molar-refractivity contribution in [1.82, 2.24) is 9.78 Å². The van der Waals surface area contributed by atoms with Gasteiger partial charge in [0.1, 0.15) is 0 Å². The van der Waals surface area contributed by atoms with Gasteiger partial charge in [-0.25, -0.2) is 4.68 Å². The molecule has 0 aliphatic heterocycles. The summed E-state index contributed by atoms with van der Waals surface area (Å²) in [5.74, 6) is 0.684. The molecular weight excluding hydrogens is 296 g/mol. The van der Waals surface area contributed by atoms with Crippen LogP contribution in [0.25, 0.3) is 16.9 Å². The van der Waals surface area contributed by atoms with Crippen molar-refractivity contribution in [3.8, 4) is 22.8 Å². The molecule has 0 saturated heterocycles. The SMILES string of the molecule is Cc1cccc(-c2nn(-c3ccccc3C)c(O)c2CC(C)C)c1. The molecule has 0 spiro atoms. The summed E-state index contributed by atoms with van der Waals surface area (Å²) in [5, 5.41) is 15.6. The highest BCUT2D eigenvalue weighted by Crippen LogP contribution is 2.34. The third-order valence-corrected chi connectivity index (χ3v) is 4.20. The molecule has 0 atom stereocenters. The Labute approximate surface area is 143 Å². The number of hydrogen-bond donors (Lipinski definition) is 1. The fourth-order valence-corrected chi connectivity index (χ4v) is 3.03. The Bertz CT molecular complexity index is 862. The molecule has 0 radical (unpaired) electrons. The van der Waals surface area contributed by atoms with Gasteiger partial charge in [0.15, 0.2) is 0 Å². The zero-order valence-electron chi connectivity index (χ0n) is 14.7. The summed E-state index contributed by atoms with van der Waals surface area (Å²) in [5.41, 5.74) is 6.02. The van der Waals surface area contributed by atoms with Crippen molar-refractivity contribution in [2.75, 3.05) is 0 Å². The second-order valence-electron chi connectivity index (χ2n) is 6.82. The molecule has 0 unspecified atom stereocenters. The van der Waals surface area contributed by atoms with E-state index < -0.39 is 0 Å². The van der Waals surface area contributed by atoms with Crippen molar-refractivity contribution in [2.24, 2.45) is 5.92 Å². The van der Waals surface area contributed by atoms with E-state index >= 15 is 0 Å². The molecular formula is C21H24N2O. The number of benzene rings is 2. The van der Waals surface area contributed by atoms with Crippen LogP contribution < -0.4 is 0 Å². The molecule has 3 nitrogen and oxygen atoms in total. The van der Waals surface area contributed by atoms with E-state index in [9.17, 15) is 5.11 Å². The fraction of sp³-hybridized carbons (Fsp3) is 0.286. The van der Waals surface area contributed by atoms with E-state index in [1.54, 1.807) is 4.68 Å². The molecule has 0 amide bonds. The Kier molecular flexibility index (Phi) is 4.43. The predicted octanol–water partition coefficient (Wildman–Crippen LogP) is 5.06. The fourth-order valence-electron chi connectivity index (χ4n) is 3.03. The molecule has 0 saturated carbocycles. The van der Waals surface area contributed by atoms with Crippen LogP contribution in [0.2, 0.25) is 0 Å². The first-order valence-electron chi connectivity index (χ1n) is 8.41. The van der Waals surface area contributed by atoms with Gasteiger partial charge in [0, 0.05) is 11.1 Å². The maximum Gasteiger partial charge on any atom is 0.218 e. The number of para-hydroxylation sites is 1. The van der Waals surface area contributed by atoms with Gasteiger partial charge in [-0.3, -0.25) is 0 Å². The highest BCUT2D eigenvalue weighted by atomic mass is 16.3. The van der Waals surface area contributed by atoms with Crippen LogP contribution in [0.4, 0.5) is 0 Å². The van der Waals surface area contributed by atoms with Gasteiger partial charge >= 0.3 is 0 Å². The zero-order valence-corrected chi connectivity index (χ0v) is 14.7. The molecule has 3 rings (SSSR count). The first-order valence-corrected chi connectivity index (χ1v) is 8.41. The standard InChI is InChI=1S/C21H24N2O/c1-14(2)12-18-20(17-10-7-8-15(3)13-17)22-23(21(18)24)19-11-6-5-9-16(19)4/h5-11,13-14,24H,12H2,1-4H3. The minimum absolute atomic E-state index is 0.245. The average Bonchev–Trinajstić information content (AvgIpc) is 2.84. The first-order chi connectivity index (χ1) is 11.5. The van der Waals surface area contributed by atoms with Gasteiger partial charge in [0.25, 0.3) is 0 Å². The lowest BCUT2D eigenvalue weighted by Gasteiger charge is -2.08. The molecule has 3 aromatic rings. The van der Waals surface area contributed by atoms with Crippen LogP contribution in [-0.4, -0.2) is 14.9 Å². The van der Waals surface area contributed by atoms with Crippen molar-refractivity contribution in [1.29, 1.82) is 0 Å². The van der Waals surface area contributed by atoms with Gasteiger partial charge in [-0.1, -0.05) is 55.8 Å². The van der Waals surface area contributed by atoms with Gasteiger partial charge in [-0.2, -0.15) is 5.10 Å². The summed E-state index contributed by atoms with van der Waals surface area (Å²) in [4.78, 5) is 0. The van der Waals surface area contributed by atoms with E-state index in [0.717, 1.165) is 34.5 Å². The molecule has 124 valence electrons. The van der Waals surface area contributed by atoms with Gasteiger partial charge < -0.3 is 5.11 Å². The van der Waals surface area contributed by atoms with Gasteiger partial charge in [0.2, 0.25) is 5.88 Å². The second-order valence-corrected chi connectivity index (χ2v) is 6.82. The van der Waals surface area contributed by atoms with Crippen LogP contribution >= 0.6 is 0 Å². The first kappa shape index (κ1) is 16.3. The second kappa shape index (κ2) is 6.52. The van der Waals surface area contributed by atoms with Crippen LogP contribution in [0.15, 0.2) is 48.5 Å². The lowest BCUT2D eigenvalue weighted by molar-refractivity contribution is 0.424. The Balaban J connectivity index is 2.21. The van der Waals surface area contributed by atoms with E-state index in [2.05, 4.69) is 39.0 Å². The third kappa shape index (κ3) is 3.07. The minimum atomic E-state index is 0.245. The van der Waals surface area contributed by atoms with Crippen molar-refractivity contribution in [2.45, 2.75) is 34.1 Å². The summed E-state index contributed by atoms with van der Waals surface area (Å²) < 4.78 is 1.67. The maximum atomic E-state index is 10.9. The number of aromatic nitrogens is 2. The largest absolute Gasteiger partial charge is 0.493 e. The van der Waals surface area contributed by atoms with E-state index in [4.69, 9.17) is 5.10 Å². The van der Waals surface area contributed by atoms with Crippen molar-refractivity contribution in [3.05, 3.63) is 65.2 Å². The predicted molar refractivity (Wildman–Crippen MR) is 98.7 cm³/mol. The summed E-state index contributed by atoms with van der Waals surface area (Å²) in [6.07, 6.45) is 0.793. The maximum absolute atomic E-state index is 10.9. The van der Waals surface area contributed by atoms with Crippen molar-refractivity contribution < 1.29 is 5.11 Å². The number of aromatic hydroxyl groups is 1. The Hall–Kier alpha value is -2.55. The summed E-state index contributed by atoms with van der Waals surface area (Å²) in [6, 6.07) is 16.3. The molecule has 3 heteroatoms. The molecule has 0 fully saturated rings. The van der Waals surface area contributed by atoms with E-state index in [1.165, 1.54) is 5.56 Å². The van der Waals surface area contributed by atoms with Crippen molar-refractivity contribution >= 4 is 0 Å². The van der Waals surface area contributed by atoms with Crippen molar-refractivity contribution in [3.63, 3.8) is 0 Å². The summed E-state index contributed by atoms with van der Waals surface area (Å²) >= 11 is 0. The summed E-state index contributed by atoms with van der Waals surface area (Å²) in [6.45, 7) is 8.42. The lowest BCUT2D eigenvalue weighted by Crippen LogP contribution is -1.99. The lowest BCUT2D eigenvalue weighted by atomic mass is 9.99. The molecule has 0 aliphatic rings. The average molecular weight is 320 g/mol. The van der Waals surface area contributed by atoms with Gasteiger partial charge in [-0.05, 0) is 43.9 Å².